The summed E-state index contributed by atoms with van der Waals surface area (Å²) in [5.74, 6) is -0.0833. The number of aliphatic hydroxyl groups is 1. The van der Waals surface area contributed by atoms with Gasteiger partial charge < -0.3 is 5.11 Å². The fraction of sp³-hybridized carbons (Fsp3) is 0.500. The number of aryl methyl sites for hydroxylation is 1. The van der Waals surface area contributed by atoms with Gasteiger partial charge in [0.25, 0.3) is 0 Å². The molecular formula is C18H23N3O3S. The second-order valence-corrected chi connectivity index (χ2v) is 9.37. The van der Waals surface area contributed by atoms with Crippen molar-refractivity contribution in [1.29, 1.82) is 0 Å². The minimum absolute atomic E-state index is 0.00254. The van der Waals surface area contributed by atoms with Gasteiger partial charge in [-0.15, -0.1) is 0 Å². The van der Waals surface area contributed by atoms with Crippen LogP contribution in [0.1, 0.15) is 22.6 Å². The lowest BCUT2D eigenvalue weighted by Gasteiger charge is -2.21. The molecule has 1 aliphatic carbocycles. The molecule has 4 rings (SSSR count). The molecule has 134 valence electrons. The van der Waals surface area contributed by atoms with Crippen molar-refractivity contribution in [2.24, 2.45) is 13.0 Å². The van der Waals surface area contributed by atoms with Crippen LogP contribution in [0.15, 0.2) is 36.7 Å². The minimum Gasteiger partial charge on any atom is -0.396 e. The van der Waals surface area contributed by atoms with Crippen LogP contribution in [0.5, 0.6) is 0 Å². The minimum atomic E-state index is -3.39. The van der Waals surface area contributed by atoms with Gasteiger partial charge in [0.1, 0.15) is 0 Å². The molecule has 1 N–H and O–H groups in total. The van der Waals surface area contributed by atoms with Gasteiger partial charge in [-0.25, -0.2) is 12.7 Å². The average Bonchev–Trinajstić information content (AvgIpc) is 3.31. The molecule has 1 aromatic heterocycles. The maximum absolute atomic E-state index is 13.2. The van der Waals surface area contributed by atoms with Crippen molar-refractivity contribution in [2.75, 3.05) is 19.7 Å². The summed E-state index contributed by atoms with van der Waals surface area (Å²) >= 11 is 0. The molecule has 0 spiro atoms. The highest BCUT2D eigenvalue weighted by atomic mass is 32.2. The van der Waals surface area contributed by atoms with E-state index in [0.717, 1.165) is 16.7 Å². The lowest BCUT2D eigenvalue weighted by atomic mass is 9.92. The Kier molecular flexibility index (Phi) is 4.17. The molecule has 1 aliphatic heterocycles. The lowest BCUT2D eigenvalue weighted by molar-refractivity contribution is 0.223. The summed E-state index contributed by atoms with van der Waals surface area (Å²) in [4.78, 5) is 0. The van der Waals surface area contributed by atoms with Crippen molar-refractivity contribution in [2.45, 2.75) is 24.0 Å². The van der Waals surface area contributed by atoms with Crippen LogP contribution in [0, 0.1) is 5.92 Å². The number of rotatable bonds is 4. The first-order valence-corrected chi connectivity index (χ1v) is 10.1. The first-order valence-electron chi connectivity index (χ1n) is 8.64. The van der Waals surface area contributed by atoms with Crippen molar-refractivity contribution in [3.8, 4) is 0 Å². The lowest BCUT2D eigenvalue weighted by Crippen LogP contribution is -2.38. The molecule has 2 aromatic rings. The van der Waals surface area contributed by atoms with Crippen LogP contribution in [0.3, 0.4) is 0 Å². The highest BCUT2D eigenvalue weighted by Gasteiger charge is 2.44. The van der Waals surface area contributed by atoms with Crippen molar-refractivity contribution in [3.63, 3.8) is 0 Å². The molecule has 0 amide bonds. The second-order valence-electron chi connectivity index (χ2n) is 7.16. The van der Waals surface area contributed by atoms with E-state index in [-0.39, 0.29) is 18.4 Å². The Morgan fingerprint density at radius 3 is 2.44 bits per heavy atom. The van der Waals surface area contributed by atoms with E-state index in [4.69, 9.17) is 0 Å². The largest absolute Gasteiger partial charge is 0.396 e. The molecule has 0 saturated carbocycles. The number of aromatic nitrogens is 2. The highest BCUT2D eigenvalue weighted by molar-refractivity contribution is 7.89. The van der Waals surface area contributed by atoms with E-state index in [0.29, 0.717) is 25.9 Å². The zero-order chi connectivity index (χ0) is 17.6. The van der Waals surface area contributed by atoms with E-state index in [1.165, 1.54) is 0 Å². The zero-order valence-corrected chi connectivity index (χ0v) is 15.1. The van der Waals surface area contributed by atoms with Crippen molar-refractivity contribution >= 4 is 10.0 Å². The Balaban J connectivity index is 1.56. The van der Waals surface area contributed by atoms with Crippen molar-refractivity contribution in [1.82, 2.24) is 14.1 Å². The van der Waals surface area contributed by atoms with E-state index in [1.807, 2.05) is 37.5 Å². The number of aliphatic hydroxyl groups excluding tert-OH is 1. The van der Waals surface area contributed by atoms with Crippen LogP contribution in [0.25, 0.3) is 0 Å². The monoisotopic (exact) mass is 361 g/mol. The summed E-state index contributed by atoms with van der Waals surface area (Å²) in [7, 11) is -1.54. The Labute approximate surface area is 148 Å². The normalized spacial score (nSPS) is 24.7. The third-order valence-corrected chi connectivity index (χ3v) is 7.78. The number of fused-ring (bicyclic) bond motifs is 1. The van der Waals surface area contributed by atoms with E-state index in [9.17, 15) is 13.5 Å². The zero-order valence-electron chi connectivity index (χ0n) is 14.2. The first kappa shape index (κ1) is 16.8. The fourth-order valence-corrected chi connectivity index (χ4v) is 6.14. The van der Waals surface area contributed by atoms with Crippen molar-refractivity contribution in [3.05, 3.63) is 53.3 Å². The predicted octanol–water partition coefficient (Wildman–Crippen LogP) is 0.925. The molecular weight excluding hydrogens is 338 g/mol. The Morgan fingerprint density at radius 1 is 1.20 bits per heavy atom. The maximum Gasteiger partial charge on any atom is 0.217 e. The maximum atomic E-state index is 13.2. The van der Waals surface area contributed by atoms with Crippen LogP contribution in [-0.4, -0.2) is 52.6 Å². The SMILES string of the molecule is Cn1cc([C@@H]2CN(S(=O)(=O)C3Cc4ccccc4C3)C[C@H]2CO)cn1. The van der Waals surface area contributed by atoms with Crippen LogP contribution in [-0.2, 0) is 29.9 Å². The van der Waals surface area contributed by atoms with Gasteiger partial charge in [-0.05, 0) is 29.5 Å². The van der Waals surface area contributed by atoms with Gasteiger partial charge >= 0.3 is 0 Å². The number of nitrogens with zero attached hydrogens (tertiary/aromatic N) is 3. The molecule has 0 bridgehead atoms. The van der Waals surface area contributed by atoms with E-state index in [1.54, 1.807) is 15.2 Å². The summed E-state index contributed by atoms with van der Waals surface area (Å²) in [6, 6.07) is 7.96. The van der Waals surface area contributed by atoms with E-state index < -0.39 is 15.3 Å². The summed E-state index contributed by atoms with van der Waals surface area (Å²) < 4.78 is 29.6. The fourth-order valence-electron chi connectivity index (χ4n) is 4.17. The quantitative estimate of drug-likeness (QED) is 0.879. The number of benzene rings is 1. The summed E-state index contributed by atoms with van der Waals surface area (Å²) in [5.41, 5.74) is 3.27. The number of hydrogen-bond acceptors (Lipinski definition) is 4. The molecule has 1 fully saturated rings. The summed E-state index contributed by atoms with van der Waals surface area (Å²) in [6.07, 6.45) is 4.84. The Hall–Kier alpha value is -1.70. The molecule has 6 nitrogen and oxygen atoms in total. The van der Waals surface area contributed by atoms with E-state index >= 15 is 0 Å². The average molecular weight is 361 g/mol. The molecule has 2 heterocycles. The third kappa shape index (κ3) is 2.90. The van der Waals surface area contributed by atoms with Gasteiger partial charge in [0.2, 0.25) is 10.0 Å². The van der Waals surface area contributed by atoms with Crippen LogP contribution < -0.4 is 0 Å². The van der Waals surface area contributed by atoms with Gasteiger partial charge in [0.05, 0.1) is 11.4 Å². The molecule has 0 unspecified atom stereocenters. The second kappa shape index (κ2) is 6.23. The predicted molar refractivity (Wildman–Crippen MR) is 94.7 cm³/mol. The standard InChI is InChI=1S/C18H23N3O3S/c1-20-9-15(8-19-20)18-11-21(10-16(18)12-22)25(23,24)17-6-13-4-2-3-5-14(13)7-17/h2-5,8-9,16-18,22H,6-7,10-12H2,1H3/t16-,18-/m0/s1. The molecule has 0 radical (unpaired) electrons. The third-order valence-electron chi connectivity index (χ3n) is 5.59. The summed E-state index contributed by atoms with van der Waals surface area (Å²) in [6.45, 7) is 0.786. The molecule has 2 aliphatic rings. The summed E-state index contributed by atoms with van der Waals surface area (Å²) in [5, 5.41) is 13.5. The Bertz CT molecular complexity index is 852. The van der Waals surface area contributed by atoms with Gasteiger partial charge in [0.15, 0.2) is 0 Å². The topological polar surface area (TPSA) is 75.4 Å². The van der Waals surface area contributed by atoms with Gasteiger partial charge in [-0.2, -0.15) is 5.10 Å². The van der Waals surface area contributed by atoms with Crippen molar-refractivity contribution < 1.29 is 13.5 Å². The number of hydrogen-bond donors (Lipinski definition) is 1. The van der Waals surface area contributed by atoms with Gasteiger partial charge in [-0.3, -0.25) is 4.68 Å². The number of sulfonamides is 1. The van der Waals surface area contributed by atoms with Gasteiger partial charge in [0, 0.05) is 44.8 Å². The molecule has 1 aromatic carbocycles. The molecule has 2 atom stereocenters. The Morgan fingerprint density at radius 2 is 1.88 bits per heavy atom. The first-order chi connectivity index (χ1) is 12.0. The van der Waals surface area contributed by atoms with Crippen LogP contribution in [0.4, 0.5) is 0 Å². The van der Waals surface area contributed by atoms with Crippen LogP contribution in [0.2, 0.25) is 0 Å². The highest BCUT2D eigenvalue weighted by Crippen LogP contribution is 2.36. The van der Waals surface area contributed by atoms with E-state index in [2.05, 4.69) is 5.10 Å². The molecule has 25 heavy (non-hydrogen) atoms. The smallest absolute Gasteiger partial charge is 0.217 e. The van der Waals surface area contributed by atoms with Crippen LogP contribution >= 0.6 is 0 Å². The van der Waals surface area contributed by atoms with Gasteiger partial charge in [-0.1, -0.05) is 24.3 Å². The molecule has 7 heteroatoms. The molecule has 1 saturated heterocycles.